The Balaban J connectivity index is 2.43. The van der Waals surface area contributed by atoms with E-state index in [0.29, 0.717) is 0 Å². The zero-order valence-electron chi connectivity index (χ0n) is 11.5. The van der Waals surface area contributed by atoms with Crippen molar-refractivity contribution >= 4 is 11.9 Å². The van der Waals surface area contributed by atoms with E-state index in [9.17, 15) is 9.59 Å². The van der Waals surface area contributed by atoms with Crippen LogP contribution in [0.1, 0.15) is 32.3 Å². The number of ether oxygens (including phenoxy) is 1. The van der Waals surface area contributed by atoms with E-state index < -0.39 is 0 Å². The van der Waals surface area contributed by atoms with Gasteiger partial charge in [-0.25, -0.2) is 0 Å². The first kappa shape index (κ1) is 15.2. The Morgan fingerprint density at radius 2 is 1.89 bits per heavy atom. The molecule has 1 amide bonds. The first-order chi connectivity index (χ1) is 9.04. The van der Waals surface area contributed by atoms with Crippen molar-refractivity contribution in [3.8, 4) is 0 Å². The smallest absolute Gasteiger partial charge is 0.306 e. The van der Waals surface area contributed by atoms with E-state index in [4.69, 9.17) is 10.5 Å². The van der Waals surface area contributed by atoms with Crippen LogP contribution in [0, 0.1) is 11.8 Å². The minimum absolute atomic E-state index is 0.0548. The van der Waals surface area contributed by atoms with Crippen LogP contribution in [0.5, 0.6) is 0 Å². The number of primary amides is 1. The summed E-state index contributed by atoms with van der Waals surface area (Å²) < 4.78 is 5.20. The third kappa shape index (κ3) is 5.12. The summed E-state index contributed by atoms with van der Waals surface area (Å²) in [5.74, 6) is -1.03. The van der Waals surface area contributed by atoms with Crippen molar-refractivity contribution in [3.63, 3.8) is 0 Å². The summed E-state index contributed by atoms with van der Waals surface area (Å²) in [6.45, 7) is 3.95. The molecule has 0 heterocycles. The summed E-state index contributed by atoms with van der Waals surface area (Å²) in [7, 11) is 0. The average molecular weight is 263 g/mol. The zero-order valence-corrected chi connectivity index (χ0v) is 11.5. The van der Waals surface area contributed by atoms with Gasteiger partial charge in [-0.05, 0) is 11.5 Å². The molecule has 0 radical (unpaired) electrons. The van der Waals surface area contributed by atoms with Gasteiger partial charge in [0.1, 0.15) is 6.61 Å². The van der Waals surface area contributed by atoms with Crippen LogP contribution in [0.2, 0.25) is 0 Å². The number of benzene rings is 1. The molecular formula is C15H21NO3. The Morgan fingerprint density at radius 1 is 1.26 bits per heavy atom. The Morgan fingerprint density at radius 3 is 2.42 bits per heavy atom. The van der Waals surface area contributed by atoms with Crippen LogP contribution >= 0.6 is 0 Å². The van der Waals surface area contributed by atoms with Crippen molar-refractivity contribution in [2.24, 2.45) is 17.6 Å². The van der Waals surface area contributed by atoms with E-state index in [0.717, 1.165) is 12.0 Å². The molecule has 1 unspecified atom stereocenters. The summed E-state index contributed by atoms with van der Waals surface area (Å²) >= 11 is 0. The van der Waals surface area contributed by atoms with Crippen LogP contribution < -0.4 is 5.73 Å². The summed E-state index contributed by atoms with van der Waals surface area (Å²) in [5.41, 5.74) is 6.21. The number of esters is 1. The van der Waals surface area contributed by atoms with Crippen LogP contribution in [0.15, 0.2) is 30.3 Å². The number of amides is 1. The number of carbonyl (C=O) groups excluding carboxylic acids is 2. The fourth-order valence-corrected chi connectivity index (χ4v) is 1.92. The molecule has 2 N–H and O–H groups in total. The summed E-state index contributed by atoms with van der Waals surface area (Å²) in [6.07, 6.45) is 0.956. The van der Waals surface area contributed by atoms with E-state index >= 15 is 0 Å². The number of hydrogen-bond acceptors (Lipinski definition) is 3. The highest BCUT2D eigenvalue weighted by atomic mass is 16.5. The van der Waals surface area contributed by atoms with E-state index in [2.05, 4.69) is 0 Å². The van der Waals surface area contributed by atoms with Crippen molar-refractivity contribution in [2.75, 3.05) is 0 Å². The minimum atomic E-state index is -0.372. The molecule has 104 valence electrons. The summed E-state index contributed by atoms with van der Waals surface area (Å²) in [4.78, 5) is 22.9. The first-order valence-corrected chi connectivity index (χ1v) is 6.53. The lowest BCUT2D eigenvalue weighted by atomic mass is 9.88. The van der Waals surface area contributed by atoms with Crippen molar-refractivity contribution in [3.05, 3.63) is 35.9 Å². The van der Waals surface area contributed by atoms with E-state index in [1.54, 1.807) is 6.92 Å². The number of nitrogens with two attached hydrogens (primary N) is 1. The van der Waals surface area contributed by atoms with Crippen LogP contribution in [-0.2, 0) is 20.9 Å². The molecular weight excluding hydrogens is 242 g/mol. The normalized spacial score (nSPS) is 13.6. The van der Waals surface area contributed by atoms with Gasteiger partial charge in [0.05, 0.1) is 0 Å². The van der Waals surface area contributed by atoms with Gasteiger partial charge >= 0.3 is 5.97 Å². The van der Waals surface area contributed by atoms with Gasteiger partial charge in [0, 0.05) is 12.3 Å². The molecule has 0 spiro atoms. The van der Waals surface area contributed by atoms with Gasteiger partial charge in [-0.1, -0.05) is 50.6 Å². The maximum Gasteiger partial charge on any atom is 0.306 e. The Bertz CT molecular complexity index is 417. The second kappa shape index (κ2) is 7.56. The summed E-state index contributed by atoms with van der Waals surface area (Å²) in [5, 5.41) is 0. The van der Waals surface area contributed by atoms with Gasteiger partial charge in [0.15, 0.2) is 0 Å². The minimum Gasteiger partial charge on any atom is -0.461 e. The Kier molecular flexibility index (Phi) is 6.06. The molecule has 0 fully saturated rings. The predicted molar refractivity (Wildman–Crippen MR) is 73.0 cm³/mol. The lowest BCUT2D eigenvalue weighted by Gasteiger charge is -2.18. The van der Waals surface area contributed by atoms with Crippen LogP contribution in [-0.4, -0.2) is 11.9 Å². The predicted octanol–water partition coefficient (Wildman–Crippen LogP) is 2.27. The number of carbonyl (C=O) groups is 2. The fraction of sp³-hybridized carbons (Fsp3) is 0.467. The molecule has 1 aromatic rings. The monoisotopic (exact) mass is 263 g/mol. The van der Waals surface area contributed by atoms with Crippen molar-refractivity contribution < 1.29 is 14.3 Å². The Hall–Kier alpha value is -1.84. The highest BCUT2D eigenvalue weighted by Gasteiger charge is 2.23. The number of hydrogen-bond donors (Lipinski definition) is 1. The largest absolute Gasteiger partial charge is 0.461 e. The molecule has 0 aliphatic heterocycles. The second-order valence-corrected chi connectivity index (χ2v) is 4.71. The molecule has 0 aliphatic carbocycles. The van der Waals surface area contributed by atoms with Crippen LogP contribution in [0.3, 0.4) is 0 Å². The van der Waals surface area contributed by atoms with Crippen molar-refractivity contribution in [2.45, 2.75) is 33.3 Å². The molecule has 4 nitrogen and oxygen atoms in total. The molecule has 0 aromatic heterocycles. The standard InChI is InChI=1S/C15H21NO3/c1-3-13(11(2)15(16)18)9-14(17)19-10-12-7-5-4-6-8-12/h4-8,11,13H,3,9-10H2,1-2H3,(H2,16,18)/t11-,13?/m0/s1. The molecule has 4 heteroatoms. The third-order valence-corrected chi connectivity index (χ3v) is 3.35. The molecule has 19 heavy (non-hydrogen) atoms. The van der Waals surface area contributed by atoms with Crippen molar-refractivity contribution in [1.29, 1.82) is 0 Å². The Labute approximate surface area is 113 Å². The highest BCUT2D eigenvalue weighted by Crippen LogP contribution is 2.20. The molecule has 1 rings (SSSR count). The van der Waals surface area contributed by atoms with Gasteiger partial charge in [0.2, 0.25) is 5.91 Å². The number of rotatable bonds is 7. The molecule has 0 bridgehead atoms. The zero-order chi connectivity index (χ0) is 14.3. The lowest BCUT2D eigenvalue weighted by Crippen LogP contribution is -2.29. The van der Waals surface area contributed by atoms with Crippen LogP contribution in [0.4, 0.5) is 0 Å². The topological polar surface area (TPSA) is 69.4 Å². The van der Waals surface area contributed by atoms with E-state index in [-0.39, 0.29) is 36.7 Å². The maximum atomic E-state index is 11.7. The van der Waals surface area contributed by atoms with Gasteiger partial charge in [0.25, 0.3) is 0 Å². The third-order valence-electron chi connectivity index (χ3n) is 3.35. The van der Waals surface area contributed by atoms with E-state index in [1.807, 2.05) is 37.3 Å². The average Bonchev–Trinajstić information content (AvgIpc) is 2.42. The van der Waals surface area contributed by atoms with Gasteiger partial charge < -0.3 is 10.5 Å². The maximum absolute atomic E-state index is 11.7. The van der Waals surface area contributed by atoms with Gasteiger partial charge in [-0.2, -0.15) is 0 Å². The van der Waals surface area contributed by atoms with Gasteiger partial charge in [-0.15, -0.1) is 0 Å². The summed E-state index contributed by atoms with van der Waals surface area (Å²) in [6, 6.07) is 9.50. The fourth-order valence-electron chi connectivity index (χ4n) is 1.92. The molecule has 0 aliphatic rings. The highest BCUT2D eigenvalue weighted by molar-refractivity contribution is 5.78. The second-order valence-electron chi connectivity index (χ2n) is 4.71. The molecule has 0 saturated carbocycles. The van der Waals surface area contributed by atoms with Crippen LogP contribution in [0.25, 0.3) is 0 Å². The van der Waals surface area contributed by atoms with Crippen molar-refractivity contribution in [1.82, 2.24) is 0 Å². The lowest BCUT2D eigenvalue weighted by molar-refractivity contribution is -0.146. The molecule has 1 aromatic carbocycles. The van der Waals surface area contributed by atoms with Gasteiger partial charge in [-0.3, -0.25) is 9.59 Å². The first-order valence-electron chi connectivity index (χ1n) is 6.53. The molecule has 2 atom stereocenters. The SMILES string of the molecule is CCC(CC(=O)OCc1ccccc1)[C@H](C)C(N)=O. The van der Waals surface area contributed by atoms with E-state index in [1.165, 1.54) is 0 Å². The molecule has 0 saturated heterocycles. The quantitative estimate of drug-likeness (QED) is 0.767.